The molecule has 1 aliphatic carbocycles. The third kappa shape index (κ3) is 2.74. The highest BCUT2D eigenvalue weighted by Gasteiger charge is 2.35. The minimum Gasteiger partial charge on any atom is -0.481 e. The molecule has 1 heterocycles. The zero-order valence-electron chi connectivity index (χ0n) is 10.8. The summed E-state index contributed by atoms with van der Waals surface area (Å²) < 4.78 is 0. The van der Waals surface area contributed by atoms with Gasteiger partial charge in [-0.25, -0.2) is 0 Å². The van der Waals surface area contributed by atoms with E-state index in [4.69, 9.17) is 5.11 Å². The number of rotatable bonds is 2. The maximum Gasteiger partial charge on any atom is 0.308 e. The molecule has 2 aliphatic rings. The Kier molecular flexibility index (Phi) is 4.04. The van der Waals surface area contributed by atoms with Crippen molar-refractivity contribution in [3.8, 4) is 0 Å². The van der Waals surface area contributed by atoms with Crippen molar-refractivity contribution in [1.29, 1.82) is 0 Å². The van der Waals surface area contributed by atoms with Crippen LogP contribution in [-0.4, -0.2) is 34.5 Å². The predicted molar refractivity (Wildman–Crippen MR) is 68.0 cm³/mol. The maximum atomic E-state index is 12.4. The van der Waals surface area contributed by atoms with Crippen LogP contribution in [0.15, 0.2) is 12.2 Å². The zero-order chi connectivity index (χ0) is 13.1. The van der Waals surface area contributed by atoms with Gasteiger partial charge in [0.05, 0.1) is 5.92 Å². The number of carboxylic acids is 1. The summed E-state index contributed by atoms with van der Waals surface area (Å²) in [7, 11) is 0. The molecule has 0 aromatic rings. The van der Waals surface area contributed by atoms with Crippen molar-refractivity contribution >= 4 is 11.9 Å². The SMILES string of the molecule is CC1CCC(C(=O)O)CN1C(=O)C1CC=CCC1. The number of amides is 1. The second kappa shape index (κ2) is 5.55. The van der Waals surface area contributed by atoms with Crippen molar-refractivity contribution in [1.82, 2.24) is 4.90 Å². The van der Waals surface area contributed by atoms with Gasteiger partial charge in [-0.05, 0) is 39.0 Å². The summed E-state index contributed by atoms with van der Waals surface area (Å²) in [5, 5.41) is 9.09. The van der Waals surface area contributed by atoms with Gasteiger partial charge >= 0.3 is 5.97 Å². The van der Waals surface area contributed by atoms with E-state index in [0.717, 1.165) is 25.7 Å². The Morgan fingerprint density at radius 1 is 1.17 bits per heavy atom. The molecule has 1 amide bonds. The minimum atomic E-state index is -0.775. The standard InChI is InChI=1S/C14H21NO3/c1-10-7-8-12(14(17)18)9-15(10)13(16)11-5-3-2-4-6-11/h2-3,10-12H,4-9H2,1H3,(H,17,18). The second-order valence-corrected chi connectivity index (χ2v) is 5.43. The number of carbonyl (C=O) groups excluding carboxylic acids is 1. The highest BCUT2D eigenvalue weighted by molar-refractivity contribution is 5.80. The molecule has 0 aromatic heterocycles. The molecule has 18 heavy (non-hydrogen) atoms. The first-order valence-electron chi connectivity index (χ1n) is 6.78. The maximum absolute atomic E-state index is 12.4. The van der Waals surface area contributed by atoms with Crippen molar-refractivity contribution in [2.45, 2.75) is 45.1 Å². The number of allylic oxidation sites excluding steroid dienone is 2. The fourth-order valence-electron chi connectivity index (χ4n) is 2.87. The first kappa shape index (κ1) is 13.1. The van der Waals surface area contributed by atoms with Crippen LogP contribution < -0.4 is 0 Å². The van der Waals surface area contributed by atoms with Gasteiger partial charge in [0.15, 0.2) is 0 Å². The molecule has 0 spiro atoms. The Hall–Kier alpha value is -1.32. The van der Waals surface area contributed by atoms with Gasteiger partial charge in [0.1, 0.15) is 0 Å². The lowest BCUT2D eigenvalue weighted by atomic mass is 9.88. The molecule has 1 aliphatic heterocycles. The Labute approximate surface area is 108 Å². The highest BCUT2D eigenvalue weighted by atomic mass is 16.4. The van der Waals surface area contributed by atoms with E-state index in [1.807, 2.05) is 6.92 Å². The summed E-state index contributed by atoms with van der Waals surface area (Å²) in [6.07, 6.45) is 8.33. The van der Waals surface area contributed by atoms with E-state index in [0.29, 0.717) is 13.0 Å². The average molecular weight is 251 g/mol. The molecule has 0 radical (unpaired) electrons. The van der Waals surface area contributed by atoms with Crippen LogP contribution in [0.1, 0.15) is 39.0 Å². The van der Waals surface area contributed by atoms with E-state index < -0.39 is 5.97 Å². The smallest absolute Gasteiger partial charge is 0.308 e. The third-order valence-electron chi connectivity index (χ3n) is 4.13. The molecule has 1 saturated heterocycles. The van der Waals surface area contributed by atoms with E-state index in [2.05, 4.69) is 12.2 Å². The summed E-state index contributed by atoms with van der Waals surface area (Å²) in [6, 6.07) is 0.180. The van der Waals surface area contributed by atoms with E-state index in [1.54, 1.807) is 4.90 Å². The third-order valence-corrected chi connectivity index (χ3v) is 4.13. The summed E-state index contributed by atoms with van der Waals surface area (Å²) in [4.78, 5) is 25.3. The molecule has 4 nitrogen and oxygen atoms in total. The molecule has 1 fully saturated rings. The van der Waals surface area contributed by atoms with Gasteiger partial charge in [0.25, 0.3) is 0 Å². The minimum absolute atomic E-state index is 0.0602. The lowest BCUT2D eigenvalue weighted by Crippen LogP contribution is -2.49. The topological polar surface area (TPSA) is 57.6 Å². The van der Waals surface area contributed by atoms with Crippen molar-refractivity contribution in [3.05, 3.63) is 12.2 Å². The summed E-state index contributed by atoms with van der Waals surface area (Å²) in [6.45, 7) is 2.41. The van der Waals surface area contributed by atoms with Crippen LogP contribution in [0, 0.1) is 11.8 Å². The molecule has 0 bridgehead atoms. The van der Waals surface area contributed by atoms with Gasteiger partial charge in [-0.2, -0.15) is 0 Å². The molecule has 4 heteroatoms. The monoisotopic (exact) mass is 251 g/mol. The van der Waals surface area contributed by atoms with Crippen LogP contribution in [0.3, 0.4) is 0 Å². The van der Waals surface area contributed by atoms with Gasteiger partial charge in [-0.15, -0.1) is 0 Å². The molecular weight excluding hydrogens is 230 g/mol. The normalized spacial score (nSPS) is 32.3. The first-order chi connectivity index (χ1) is 8.59. The van der Waals surface area contributed by atoms with E-state index in [-0.39, 0.29) is 23.8 Å². The molecule has 0 aromatic carbocycles. The highest BCUT2D eigenvalue weighted by Crippen LogP contribution is 2.27. The van der Waals surface area contributed by atoms with Gasteiger partial charge in [-0.3, -0.25) is 9.59 Å². The molecule has 2 rings (SSSR count). The number of nitrogens with zero attached hydrogens (tertiary/aromatic N) is 1. The van der Waals surface area contributed by atoms with Crippen molar-refractivity contribution < 1.29 is 14.7 Å². The first-order valence-corrected chi connectivity index (χ1v) is 6.78. The second-order valence-electron chi connectivity index (χ2n) is 5.43. The van der Waals surface area contributed by atoms with E-state index in [9.17, 15) is 9.59 Å². The number of aliphatic carboxylic acids is 1. The summed E-state index contributed by atoms with van der Waals surface area (Å²) >= 11 is 0. The van der Waals surface area contributed by atoms with Gasteiger partial charge in [0.2, 0.25) is 5.91 Å². The van der Waals surface area contributed by atoms with Crippen molar-refractivity contribution in [2.24, 2.45) is 11.8 Å². The van der Waals surface area contributed by atoms with Crippen LogP contribution in [-0.2, 0) is 9.59 Å². The molecule has 1 N–H and O–H groups in total. The number of piperidine rings is 1. The molecular formula is C14H21NO3. The average Bonchev–Trinajstić information content (AvgIpc) is 2.39. The number of hydrogen-bond donors (Lipinski definition) is 1. The predicted octanol–water partition coefficient (Wildman–Crippen LogP) is 2.05. The van der Waals surface area contributed by atoms with E-state index >= 15 is 0 Å². The molecule has 0 saturated carbocycles. The number of likely N-dealkylation sites (tertiary alicyclic amines) is 1. The van der Waals surface area contributed by atoms with Crippen LogP contribution in [0.25, 0.3) is 0 Å². The Bertz CT molecular complexity index is 364. The summed E-state index contributed by atoms with van der Waals surface area (Å²) in [5.74, 6) is -0.949. The molecule has 3 atom stereocenters. The van der Waals surface area contributed by atoms with Gasteiger partial charge in [-0.1, -0.05) is 12.2 Å². The van der Waals surface area contributed by atoms with Gasteiger partial charge in [0, 0.05) is 18.5 Å². The number of hydrogen-bond acceptors (Lipinski definition) is 2. The molecule has 100 valence electrons. The van der Waals surface area contributed by atoms with Crippen LogP contribution in [0.5, 0.6) is 0 Å². The lowest BCUT2D eigenvalue weighted by Gasteiger charge is -2.38. The van der Waals surface area contributed by atoms with E-state index in [1.165, 1.54) is 0 Å². The Morgan fingerprint density at radius 2 is 1.94 bits per heavy atom. The van der Waals surface area contributed by atoms with Crippen molar-refractivity contribution in [3.63, 3.8) is 0 Å². The fourth-order valence-corrected chi connectivity index (χ4v) is 2.87. The number of carbonyl (C=O) groups is 2. The van der Waals surface area contributed by atoms with Crippen molar-refractivity contribution in [2.75, 3.05) is 6.54 Å². The van der Waals surface area contributed by atoms with Gasteiger partial charge < -0.3 is 10.0 Å². The molecule has 3 unspecified atom stereocenters. The summed E-state index contributed by atoms with van der Waals surface area (Å²) in [5.41, 5.74) is 0. The van der Waals surface area contributed by atoms with Crippen LogP contribution in [0.2, 0.25) is 0 Å². The largest absolute Gasteiger partial charge is 0.481 e. The Morgan fingerprint density at radius 3 is 2.56 bits per heavy atom. The fraction of sp³-hybridized carbons (Fsp3) is 0.714. The quantitative estimate of drug-likeness (QED) is 0.764. The lowest BCUT2D eigenvalue weighted by molar-refractivity contribution is -0.148. The Balaban J connectivity index is 2.02. The number of carboxylic acid groups (broad SMARTS) is 1. The van der Waals surface area contributed by atoms with Crippen LogP contribution >= 0.6 is 0 Å². The van der Waals surface area contributed by atoms with Crippen LogP contribution in [0.4, 0.5) is 0 Å². The zero-order valence-corrected chi connectivity index (χ0v) is 10.8.